The first-order valence-corrected chi connectivity index (χ1v) is 5.50. The molecule has 3 nitrogen and oxygen atoms in total. The van der Waals surface area contributed by atoms with Crippen LogP contribution >= 0.6 is 12.4 Å². The number of carbonyl (C=O) groups excluding carboxylic acids is 1. The van der Waals surface area contributed by atoms with Crippen LogP contribution in [-0.2, 0) is 11.2 Å². The highest BCUT2D eigenvalue weighted by Crippen LogP contribution is 2.22. The Labute approximate surface area is 115 Å². The molecule has 0 aliphatic carbocycles. The van der Waals surface area contributed by atoms with Gasteiger partial charge in [0.1, 0.15) is 0 Å². The lowest BCUT2D eigenvalue weighted by atomic mass is 10.1. The van der Waals surface area contributed by atoms with E-state index in [-0.39, 0.29) is 24.7 Å². The van der Waals surface area contributed by atoms with E-state index in [4.69, 9.17) is 5.73 Å². The smallest absolute Gasteiger partial charge is 0.325 e. The largest absolute Gasteiger partial charge is 0.389 e. The second-order valence-corrected chi connectivity index (χ2v) is 4.09. The zero-order valence-corrected chi connectivity index (χ0v) is 11.1. The minimum atomic E-state index is -4.15. The Bertz CT molecular complexity index is 404. The van der Waals surface area contributed by atoms with Crippen molar-refractivity contribution in [1.82, 2.24) is 0 Å². The summed E-state index contributed by atoms with van der Waals surface area (Å²) in [5.74, 6) is -0.335. The van der Waals surface area contributed by atoms with E-state index >= 15 is 0 Å². The Balaban J connectivity index is 0.00000324. The van der Waals surface area contributed by atoms with E-state index in [9.17, 15) is 18.0 Å². The summed E-state index contributed by atoms with van der Waals surface area (Å²) in [7, 11) is 0. The first kappa shape index (κ1) is 17.7. The standard InChI is InChI=1S/C12H15F3N2O.ClH/c1-8(16)11(18)17-10-4-2-9(3-5-10)6-7-12(13,14)15;/h2-5,8H,6-7,16H2,1H3,(H,17,18);1H/t8-;/m1./s1. The van der Waals surface area contributed by atoms with Gasteiger partial charge in [-0.05, 0) is 31.0 Å². The highest BCUT2D eigenvalue weighted by molar-refractivity contribution is 5.94. The number of halogens is 4. The van der Waals surface area contributed by atoms with Crippen LogP contribution in [0.1, 0.15) is 18.9 Å². The van der Waals surface area contributed by atoms with E-state index < -0.39 is 18.6 Å². The molecular weight excluding hydrogens is 281 g/mol. The van der Waals surface area contributed by atoms with Gasteiger partial charge in [-0.3, -0.25) is 4.79 Å². The van der Waals surface area contributed by atoms with Gasteiger partial charge in [-0.1, -0.05) is 12.1 Å². The SMILES string of the molecule is C[C@@H](N)C(=O)Nc1ccc(CCC(F)(F)F)cc1.Cl. The number of hydrogen-bond donors (Lipinski definition) is 2. The van der Waals surface area contributed by atoms with Crippen LogP contribution in [0.5, 0.6) is 0 Å². The molecule has 19 heavy (non-hydrogen) atoms. The Morgan fingerprint density at radius 2 is 1.84 bits per heavy atom. The first-order chi connectivity index (χ1) is 8.28. The maximum Gasteiger partial charge on any atom is 0.389 e. The van der Waals surface area contributed by atoms with Crippen molar-refractivity contribution in [2.24, 2.45) is 5.73 Å². The van der Waals surface area contributed by atoms with Crippen LogP contribution in [0, 0.1) is 0 Å². The average molecular weight is 297 g/mol. The maximum atomic E-state index is 12.0. The number of carbonyl (C=O) groups is 1. The molecule has 108 valence electrons. The van der Waals surface area contributed by atoms with E-state index in [2.05, 4.69) is 5.32 Å². The van der Waals surface area contributed by atoms with Crippen molar-refractivity contribution >= 4 is 24.0 Å². The van der Waals surface area contributed by atoms with Crippen molar-refractivity contribution < 1.29 is 18.0 Å². The van der Waals surface area contributed by atoms with E-state index in [0.717, 1.165) is 0 Å². The lowest BCUT2D eigenvalue weighted by Gasteiger charge is -2.09. The van der Waals surface area contributed by atoms with E-state index in [1.807, 2.05) is 0 Å². The fourth-order valence-electron chi connectivity index (χ4n) is 1.30. The molecule has 0 bridgehead atoms. The summed E-state index contributed by atoms with van der Waals surface area (Å²) in [6.07, 6.45) is -5.06. The summed E-state index contributed by atoms with van der Waals surface area (Å²) in [4.78, 5) is 11.3. The van der Waals surface area contributed by atoms with Crippen molar-refractivity contribution in [2.75, 3.05) is 5.32 Å². The van der Waals surface area contributed by atoms with Crippen LogP contribution in [0.3, 0.4) is 0 Å². The Kier molecular flexibility index (Phi) is 6.86. The van der Waals surface area contributed by atoms with Crippen LogP contribution in [0.15, 0.2) is 24.3 Å². The van der Waals surface area contributed by atoms with Crippen molar-refractivity contribution in [3.63, 3.8) is 0 Å². The number of benzene rings is 1. The number of amides is 1. The molecule has 1 atom stereocenters. The van der Waals surface area contributed by atoms with Crippen molar-refractivity contribution in [3.8, 4) is 0 Å². The fourth-order valence-corrected chi connectivity index (χ4v) is 1.30. The van der Waals surface area contributed by atoms with Crippen molar-refractivity contribution in [3.05, 3.63) is 29.8 Å². The first-order valence-electron chi connectivity index (χ1n) is 5.50. The average Bonchev–Trinajstić information content (AvgIpc) is 2.27. The molecule has 1 aromatic carbocycles. The van der Waals surface area contributed by atoms with Gasteiger partial charge in [0.15, 0.2) is 0 Å². The summed E-state index contributed by atoms with van der Waals surface area (Å²) in [6, 6.07) is 5.61. The summed E-state index contributed by atoms with van der Waals surface area (Å²) in [6.45, 7) is 1.55. The van der Waals surface area contributed by atoms with Crippen LogP contribution in [0.25, 0.3) is 0 Å². The number of alkyl halides is 3. The van der Waals surface area contributed by atoms with Crippen LogP contribution in [0.4, 0.5) is 18.9 Å². The molecule has 3 N–H and O–H groups in total. The van der Waals surface area contributed by atoms with Gasteiger partial charge >= 0.3 is 6.18 Å². The summed E-state index contributed by atoms with van der Waals surface area (Å²) in [5, 5.41) is 2.55. The normalized spacial score (nSPS) is 12.5. The number of hydrogen-bond acceptors (Lipinski definition) is 2. The molecule has 0 radical (unpaired) electrons. The third-order valence-electron chi connectivity index (χ3n) is 2.33. The van der Waals surface area contributed by atoms with E-state index in [1.165, 1.54) is 0 Å². The van der Waals surface area contributed by atoms with E-state index in [1.54, 1.807) is 31.2 Å². The number of nitrogens with one attached hydrogen (secondary N) is 1. The molecule has 1 rings (SSSR count). The summed E-state index contributed by atoms with van der Waals surface area (Å²) in [5.41, 5.74) is 6.47. The van der Waals surface area contributed by atoms with Crippen LogP contribution < -0.4 is 11.1 Å². The zero-order valence-electron chi connectivity index (χ0n) is 10.3. The van der Waals surface area contributed by atoms with Crippen LogP contribution in [-0.4, -0.2) is 18.1 Å². The molecule has 0 spiro atoms. The maximum absolute atomic E-state index is 12.0. The molecule has 0 aliphatic heterocycles. The van der Waals surface area contributed by atoms with Gasteiger partial charge in [0.05, 0.1) is 6.04 Å². The molecule has 7 heteroatoms. The minimum absolute atomic E-state index is 0. The third-order valence-corrected chi connectivity index (χ3v) is 2.33. The zero-order chi connectivity index (χ0) is 13.8. The van der Waals surface area contributed by atoms with Crippen molar-refractivity contribution in [2.45, 2.75) is 32.0 Å². The molecule has 1 aromatic rings. The molecule has 1 amide bonds. The molecular formula is C12H16ClF3N2O. The second kappa shape index (κ2) is 7.35. The monoisotopic (exact) mass is 296 g/mol. The highest BCUT2D eigenvalue weighted by Gasteiger charge is 2.26. The van der Waals surface area contributed by atoms with Gasteiger partial charge in [0, 0.05) is 12.1 Å². The van der Waals surface area contributed by atoms with Crippen LogP contribution in [0.2, 0.25) is 0 Å². The molecule has 0 aliphatic rings. The quantitative estimate of drug-likeness (QED) is 0.897. The predicted octanol–water partition coefficient (Wildman–Crippen LogP) is 2.89. The van der Waals surface area contributed by atoms with Gasteiger partial charge in [0.25, 0.3) is 0 Å². The number of aryl methyl sites for hydroxylation is 1. The number of rotatable bonds is 4. The van der Waals surface area contributed by atoms with E-state index in [0.29, 0.717) is 11.3 Å². The second-order valence-electron chi connectivity index (χ2n) is 4.09. The van der Waals surface area contributed by atoms with Gasteiger partial charge in [-0.2, -0.15) is 13.2 Å². The van der Waals surface area contributed by atoms with Gasteiger partial charge in [0.2, 0.25) is 5.91 Å². The summed E-state index contributed by atoms with van der Waals surface area (Å²) < 4.78 is 36.0. The molecule has 0 unspecified atom stereocenters. The Hall–Kier alpha value is -1.27. The van der Waals surface area contributed by atoms with Crippen molar-refractivity contribution in [1.29, 1.82) is 0 Å². The lowest BCUT2D eigenvalue weighted by Crippen LogP contribution is -2.32. The molecule has 0 fully saturated rings. The molecule has 0 heterocycles. The lowest BCUT2D eigenvalue weighted by molar-refractivity contribution is -0.134. The topological polar surface area (TPSA) is 55.1 Å². The highest BCUT2D eigenvalue weighted by atomic mass is 35.5. The van der Waals surface area contributed by atoms with Gasteiger partial charge < -0.3 is 11.1 Å². The molecule has 0 saturated carbocycles. The molecule has 0 saturated heterocycles. The fraction of sp³-hybridized carbons (Fsp3) is 0.417. The number of anilines is 1. The van der Waals surface area contributed by atoms with Gasteiger partial charge in [-0.15, -0.1) is 12.4 Å². The Morgan fingerprint density at radius 3 is 2.26 bits per heavy atom. The summed E-state index contributed by atoms with van der Waals surface area (Å²) >= 11 is 0. The third kappa shape index (κ3) is 7.03. The Morgan fingerprint density at radius 1 is 1.32 bits per heavy atom. The minimum Gasteiger partial charge on any atom is -0.325 e. The number of nitrogens with two attached hydrogens (primary N) is 1. The molecule has 0 aromatic heterocycles. The predicted molar refractivity (Wildman–Crippen MR) is 70.3 cm³/mol. The van der Waals surface area contributed by atoms with Gasteiger partial charge in [-0.25, -0.2) is 0 Å².